The van der Waals surface area contributed by atoms with Crippen molar-refractivity contribution in [2.75, 3.05) is 6.61 Å². The fourth-order valence-corrected chi connectivity index (χ4v) is 1.67. The second kappa shape index (κ2) is 3.60. The van der Waals surface area contributed by atoms with Gasteiger partial charge in [-0.1, -0.05) is 30.3 Å². The van der Waals surface area contributed by atoms with Crippen molar-refractivity contribution >= 4 is 5.97 Å². The van der Waals surface area contributed by atoms with Crippen LogP contribution in [0, 0.1) is 0 Å². The lowest BCUT2D eigenvalue weighted by molar-refractivity contribution is -0.149. The van der Waals surface area contributed by atoms with Gasteiger partial charge in [0.1, 0.15) is 0 Å². The summed E-state index contributed by atoms with van der Waals surface area (Å²) in [6.07, 6.45) is 1.90. The molecule has 13 heavy (non-hydrogen) atoms. The molecule has 0 radical (unpaired) electrons. The zero-order valence-electron chi connectivity index (χ0n) is 7.40. The van der Waals surface area contributed by atoms with E-state index in [4.69, 9.17) is 4.74 Å². The summed E-state index contributed by atoms with van der Waals surface area (Å²) >= 11 is 0. The van der Waals surface area contributed by atoms with E-state index in [0.29, 0.717) is 6.61 Å². The maximum Gasteiger partial charge on any atom is 0.313 e. The van der Waals surface area contributed by atoms with Crippen molar-refractivity contribution in [2.45, 2.75) is 18.8 Å². The van der Waals surface area contributed by atoms with Gasteiger partial charge in [-0.15, -0.1) is 0 Å². The van der Waals surface area contributed by atoms with E-state index in [1.165, 1.54) is 0 Å². The number of esters is 1. The van der Waals surface area contributed by atoms with Gasteiger partial charge in [-0.3, -0.25) is 4.79 Å². The van der Waals surface area contributed by atoms with Crippen molar-refractivity contribution in [2.24, 2.45) is 0 Å². The van der Waals surface area contributed by atoms with Crippen LogP contribution in [0.25, 0.3) is 0 Å². The van der Waals surface area contributed by atoms with E-state index < -0.39 is 0 Å². The second-order valence-corrected chi connectivity index (χ2v) is 3.27. The van der Waals surface area contributed by atoms with Gasteiger partial charge in [-0.25, -0.2) is 0 Å². The van der Waals surface area contributed by atoms with E-state index in [-0.39, 0.29) is 11.9 Å². The third-order valence-corrected chi connectivity index (χ3v) is 2.37. The van der Waals surface area contributed by atoms with Crippen LogP contribution in [0.4, 0.5) is 0 Å². The van der Waals surface area contributed by atoms with Gasteiger partial charge >= 0.3 is 5.97 Å². The van der Waals surface area contributed by atoms with E-state index in [9.17, 15) is 4.79 Å². The van der Waals surface area contributed by atoms with Crippen molar-refractivity contribution in [1.29, 1.82) is 0 Å². The van der Waals surface area contributed by atoms with Crippen LogP contribution < -0.4 is 0 Å². The molecule has 0 N–H and O–H groups in total. The standard InChI is InChI=1S/C11H12O2/c12-11-10(7-4-8-13-11)9-5-2-1-3-6-9/h1-3,5-6,10H,4,7-8H2/t10-/m1/s1. The molecule has 1 fully saturated rings. The minimum absolute atomic E-state index is 0.0325. The van der Waals surface area contributed by atoms with E-state index in [1.54, 1.807) is 0 Å². The molecule has 1 aliphatic heterocycles. The van der Waals surface area contributed by atoms with Crippen LogP contribution in [-0.2, 0) is 9.53 Å². The quantitative estimate of drug-likeness (QED) is 0.612. The molecule has 1 aliphatic rings. The molecular formula is C11H12O2. The molecule has 1 heterocycles. The SMILES string of the molecule is O=C1OCCC[C@@H]1c1ccccc1. The van der Waals surface area contributed by atoms with Crippen molar-refractivity contribution in [1.82, 2.24) is 0 Å². The number of benzene rings is 1. The van der Waals surface area contributed by atoms with Crippen molar-refractivity contribution in [3.63, 3.8) is 0 Å². The average molecular weight is 176 g/mol. The van der Waals surface area contributed by atoms with Gasteiger partial charge in [0.25, 0.3) is 0 Å². The first-order valence-corrected chi connectivity index (χ1v) is 4.59. The smallest absolute Gasteiger partial charge is 0.313 e. The Kier molecular flexibility index (Phi) is 2.30. The maximum absolute atomic E-state index is 11.4. The van der Waals surface area contributed by atoms with Crippen LogP contribution in [0.3, 0.4) is 0 Å². The molecule has 1 aromatic carbocycles. The van der Waals surface area contributed by atoms with E-state index in [2.05, 4.69) is 0 Å². The fourth-order valence-electron chi connectivity index (χ4n) is 1.67. The Balaban J connectivity index is 2.20. The molecule has 0 aliphatic carbocycles. The predicted molar refractivity (Wildman–Crippen MR) is 49.4 cm³/mol. The average Bonchev–Trinajstić information content (AvgIpc) is 2.20. The maximum atomic E-state index is 11.4. The summed E-state index contributed by atoms with van der Waals surface area (Å²) in [5, 5.41) is 0. The van der Waals surface area contributed by atoms with Crippen molar-refractivity contribution in [3.05, 3.63) is 35.9 Å². The van der Waals surface area contributed by atoms with Crippen LogP contribution >= 0.6 is 0 Å². The molecule has 0 aromatic heterocycles. The minimum Gasteiger partial charge on any atom is -0.465 e. The number of carbonyl (C=O) groups excluding carboxylic acids is 1. The molecule has 1 saturated heterocycles. The summed E-state index contributed by atoms with van der Waals surface area (Å²) in [7, 11) is 0. The predicted octanol–water partition coefficient (Wildman–Crippen LogP) is 2.11. The first-order chi connectivity index (χ1) is 6.38. The summed E-state index contributed by atoms with van der Waals surface area (Å²) in [6, 6.07) is 9.83. The third-order valence-electron chi connectivity index (χ3n) is 2.37. The van der Waals surface area contributed by atoms with Gasteiger partial charge in [0.2, 0.25) is 0 Å². The fraction of sp³-hybridized carbons (Fsp3) is 0.364. The van der Waals surface area contributed by atoms with Gasteiger partial charge in [0.15, 0.2) is 0 Å². The molecule has 2 rings (SSSR count). The topological polar surface area (TPSA) is 26.3 Å². The summed E-state index contributed by atoms with van der Waals surface area (Å²) < 4.78 is 5.01. The Morgan fingerprint density at radius 3 is 2.69 bits per heavy atom. The van der Waals surface area contributed by atoms with Crippen molar-refractivity contribution < 1.29 is 9.53 Å². The van der Waals surface area contributed by atoms with Crippen LogP contribution in [0.15, 0.2) is 30.3 Å². The molecule has 1 atom stereocenters. The van der Waals surface area contributed by atoms with Crippen molar-refractivity contribution in [3.8, 4) is 0 Å². The molecule has 1 aromatic rings. The third kappa shape index (κ3) is 1.72. The van der Waals surface area contributed by atoms with Gasteiger partial charge < -0.3 is 4.74 Å². The zero-order chi connectivity index (χ0) is 9.10. The lowest BCUT2D eigenvalue weighted by atomic mass is 9.93. The lowest BCUT2D eigenvalue weighted by Crippen LogP contribution is -2.22. The first-order valence-electron chi connectivity index (χ1n) is 4.59. The lowest BCUT2D eigenvalue weighted by Gasteiger charge is -2.20. The molecule has 0 spiro atoms. The second-order valence-electron chi connectivity index (χ2n) is 3.27. The van der Waals surface area contributed by atoms with Gasteiger partial charge in [0.05, 0.1) is 12.5 Å². The Hall–Kier alpha value is -1.31. The van der Waals surface area contributed by atoms with Crippen LogP contribution in [0.5, 0.6) is 0 Å². The van der Waals surface area contributed by atoms with Gasteiger partial charge in [-0.05, 0) is 18.4 Å². The summed E-state index contributed by atoms with van der Waals surface area (Å²) in [5.41, 5.74) is 1.08. The molecule has 0 bridgehead atoms. The molecule has 68 valence electrons. The van der Waals surface area contributed by atoms with Gasteiger partial charge in [-0.2, -0.15) is 0 Å². The number of hydrogen-bond donors (Lipinski definition) is 0. The van der Waals surface area contributed by atoms with E-state index in [1.807, 2.05) is 30.3 Å². The highest BCUT2D eigenvalue weighted by Gasteiger charge is 2.24. The number of cyclic esters (lactones) is 1. The Morgan fingerprint density at radius 2 is 2.00 bits per heavy atom. The zero-order valence-corrected chi connectivity index (χ0v) is 7.40. The molecule has 0 unspecified atom stereocenters. The molecule has 0 amide bonds. The van der Waals surface area contributed by atoms with E-state index in [0.717, 1.165) is 18.4 Å². The monoisotopic (exact) mass is 176 g/mol. The normalized spacial score (nSPS) is 22.5. The Morgan fingerprint density at radius 1 is 1.23 bits per heavy atom. The summed E-state index contributed by atoms with van der Waals surface area (Å²) in [5.74, 6) is -0.104. The number of rotatable bonds is 1. The summed E-state index contributed by atoms with van der Waals surface area (Å²) in [6.45, 7) is 0.585. The van der Waals surface area contributed by atoms with Crippen LogP contribution in [-0.4, -0.2) is 12.6 Å². The molecule has 2 nitrogen and oxygen atoms in total. The highest BCUT2D eigenvalue weighted by atomic mass is 16.5. The Bertz CT molecular complexity index is 292. The molecule has 2 heteroatoms. The highest BCUT2D eigenvalue weighted by molar-refractivity contribution is 5.78. The first kappa shape index (κ1) is 8.30. The van der Waals surface area contributed by atoms with E-state index >= 15 is 0 Å². The number of carbonyl (C=O) groups is 1. The molecule has 0 saturated carbocycles. The largest absolute Gasteiger partial charge is 0.465 e. The van der Waals surface area contributed by atoms with Crippen LogP contribution in [0.2, 0.25) is 0 Å². The molecular weight excluding hydrogens is 164 g/mol. The number of hydrogen-bond acceptors (Lipinski definition) is 2. The minimum atomic E-state index is -0.0718. The highest BCUT2D eigenvalue weighted by Crippen LogP contribution is 2.25. The van der Waals surface area contributed by atoms with Gasteiger partial charge in [0, 0.05) is 0 Å². The summed E-state index contributed by atoms with van der Waals surface area (Å²) in [4.78, 5) is 11.4. The Labute approximate surface area is 77.5 Å². The number of ether oxygens (including phenoxy) is 1. The van der Waals surface area contributed by atoms with Crippen LogP contribution in [0.1, 0.15) is 24.3 Å².